The van der Waals surface area contributed by atoms with E-state index in [4.69, 9.17) is 22.1 Å². The molecule has 0 spiro atoms. The van der Waals surface area contributed by atoms with E-state index in [0.29, 0.717) is 6.54 Å². The summed E-state index contributed by atoms with van der Waals surface area (Å²) >= 11 is 5.62. The lowest BCUT2D eigenvalue weighted by molar-refractivity contribution is -0.930. The SMILES string of the molecule is C=CCn1c(-c2ccccc2)nn(C[NH+]2CCOCC2)c1=S. The van der Waals surface area contributed by atoms with Crippen molar-refractivity contribution in [2.75, 3.05) is 26.3 Å². The Bertz CT molecular complexity index is 686. The van der Waals surface area contributed by atoms with Crippen molar-refractivity contribution in [1.29, 1.82) is 0 Å². The lowest BCUT2D eigenvalue weighted by atomic mass is 10.2. The summed E-state index contributed by atoms with van der Waals surface area (Å²) in [4.78, 5) is 1.45. The molecule has 0 atom stereocenters. The van der Waals surface area contributed by atoms with Crippen LogP contribution in [0.5, 0.6) is 0 Å². The maximum Gasteiger partial charge on any atom is 0.203 e. The van der Waals surface area contributed by atoms with Gasteiger partial charge in [-0.1, -0.05) is 36.4 Å². The van der Waals surface area contributed by atoms with Crippen molar-refractivity contribution < 1.29 is 9.64 Å². The van der Waals surface area contributed by atoms with Crippen molar-refractivity contribution in [3.8, 4) is 11.4 Å². The van der Waals surface area contributed by atoms with Crippen molar-refractivity contribution >= 4 is 12.2 Å². The first-order chi connectivity index (χ1) is 10.8. The normalized spacial score (nSPS) is 15.8. The van der Waals surface area contributed by atoms with Gasteiger partial charge >= 0.3 is 0 Å². The topological polar surface area (TPSA) is 36.4 Å². The highest BCUT2D eigenvalue weighted by Gasteiger charge is 2.18. The van der Waals surface area contributed by atoms with E-state index in [1.807, 2.05) is 33.5 Å². The third-order valence-electron chi connectivity index (χ3n) is 3.84. The minimum absolute atomic E-state index is 0.668. The number of hydrogen-bond donors (Lipinski definition) is 1. The number of benzene rings is 1. The molecule has 1 aromatic carbocycles. The van der Waals surface area contributed by atoms with Crippen molar-refractivity contribution in [3.63, 3.8) is 0 Å². The molecular weight excluding hydrogens is 296 g/mol. The van der Waals surface area contributed by atoms with E-state index in [9.17, 15) is 0 Å². The Labute approximate surface area is 135 Å². The molecule has 0 aliphatic carbocycles. The molecule has 1 aliphatic rings. The molecule has 0 saturated carbocycles. The lowest BCUT2D eigenvalue weighted by Crippen LogP contribution is -3.13. The zero-order valence-electron chi connectivity index (χ0n) is 12.6. The third-order valence-corrected chi connectivity index (χ3v) is 4.27. The summed E-state index contributed by atoms with van der Waals surface area (Å²) in [6, 6.07) is 10.2. The summed E-state index contributed by atoms with van der Waals surface area (Å²) < 4.78 is 10.1. The molecular formula is C16H21N4OS+. The minimum atomic E-state index is 0.668. The van der Waals surface area contributed by atoms with Crippen molar-refractivity contribution in [1.82, 2.24) is 14.3 Å². The number of rotatable bonds is 5. The Morgan fingerprint density at radius 1 is 1.27 bits per heavy atom. The lowest BCUT2D eigenvalue weighted by Gasteiger charge is -2.23. The number of nitrogens with one attached hydrogen (secondary N) is 1. The highest BCUT2D eigenvalue weighted by molar-refractivity contribution is 7.71. The molecule has 1 N–H and O–H groups in total. The second-order valence-corrected chi connectivity index (χ2v) is 5.76. The molecule has 2 aromatic rings. The fraction of sp³-hybridized carbons (Fsp3) is 0.375. The summed E-state index contributed by atoms with van der Waals surface area (Å²) in [5, 5.41) is 4.76. The van der Waals surface area contributed by atoms with Crippen LogP contribution in [0.15, 0.2) is 43.0 Å². The van der Waals surface area contributed by atoms with Crippen LogP contribution in [0.1, 0.15) is 0 Å². The monoisotopic (exact) mass is 317 g/mol. The van der Waals surface area contributed by atoms with Crippen LogP contribution >= 0.6 is 12.2 Å². The van der Waals surface area contributed by atoms with Gasteiger partial charge in [0.2, 0.25) is 4.77 Å². The average molecular weight is 317 g/mol. The quantitative estimate of drug-likeness (QED) is 0.664. The van der Waals surface area contributed by atoms with Gasteiger partial charge < -0.3 is 9.64 Å². The molecule has 1 aromatic heterocycles. The van der Waals surface area contributed by atoms with Crippen molar-refractivity contribution in [3.05, 3.63) is 47.8 Å². The summed E-state index contributed by atoms with van der Waals surface area (Å²) in [5.41, 5.74) is 1.08. The van der Waals surface area contributed by atoms with Crippen LogP contribution in [0.4, 0.5) is 0 Å². The maximum absolute atomic E-state index is 5.62. The Balaban J connectivity index is 1.94. The zero-order chi connectivity index (χ0) is 15.4. The van der Waals surface area contributed by atoms with Gasteiger partial charge in [0.25, 0.3) is 0 Å². The van der Waals surface area contributed by atoms with Crippen LogP contribution in [0, 0.1) is 4.77 Å². The van der Waals surface area contributed by atoms with Gasteiger partial charge in [-0.2, -0.15) is 4.68 Å². The van der Waals surface area contributed by atoms with Gasteiger partial charge in [-0.3, -0.25) is 4.57 Å². The van der Waals surface area contributed by atoms with Crippen LogP contribution in [0.3, 0.4) is 0 Å². The summed E-state index contributed by atoms with van der Waals surface area (Å²) in [7, 11) is 0. The minimum Gasteiger partial charge on any atom is -0.370 e. The summed E-state index contributed by atoms with van der Waals surface area (Å²) in [6.45, 7) is 8.89. The molecule has 2 heterocycles. The third kappa shape index (κ3) is 3.19. The molecule has 6 heteroatoms. The van der Waals surface area contributed by atoms with Gasteiger partial charge in [0.1, 0.15) is 13.1 Å². The number of quaternary nitrogens is 1. The van der Waals surface area contributed by atoms with Gasteiger partial charge in [-0.05, 0) is 12.2 Å². The predicted octanol–water partition coefficient (Wildman–Crippen LogP) is 1.14. The van der Waals surface area contributed by atoms with E-state index < -0.39 is 0 Å². The summed E-state index contributed by atoms with van der Waals surface area (Å²) in [5.74, 6) is 0.901. The number of allylic oxidation sites excluding steroid dienone is 1. The summed E-state index contributed by atoms with van der Waals surface area (Å²) in [6.07, 6.45) is 1.86. The largest absolute Gasteiger partial charge is 0.370 e. The molecule has 22 heavy (non-hydrogen) atoms. The van der Waals surface area contributed by atoms with E-state index in [-0.39, 0.29) is 0 Å². The molecule has 1 aliphatic heterocycles. The first-order valence-corrected chi connectivity index (χ1v) is 7.95. The molecule has 3 rings (SSSR count). The Hall–Kier alpha value is -1.76. The highest BCUT2D eigenvalue weighted by Crippen LogP contribution is 2.17. The first-order valence-electron chi connectivity index (χ1n) is 7.55. The van der Waals surface area contributed by atoms with Crippen LogP contribution in [-0.2, 0) is 18.0 Å². The molecule has 1 saturated heterocycles. The molecule has 1 fully saturated rings. The van der Waals surface area contributed by atoms with E-state index in [2.05, 4.69) is 18.7 Å². The van der Waals surface area contributed by atoms with Crippen molar-refractivity contribution in [2.45, 2.75) is 13.2 Å². The van der Waals surface area contributed by atoms with Gasteiger partial charge in [0, 0.05) is 12.1 Å². The fourth-order valence-corrected chi connectivity index (χ4v) is 2.93. The first kappa shape index (κ1) is 15.1. The standard InChI is InChI=1S/C16H20N4OS/c1-2-8-19-15(14-6-4-3-5-7-14)17-20(16(19)22)13-18-9-11-21-12-10-18/h2-7H,1,8-13H2/p+1. The van der Waals surface area contributed by atoms with Crippen LogP contribution in [-0.4, -0.2) is 40.7 Å². The Morgan fingerprint density at radius 3 is 2.68 bits per heavy atom. The molecule has 116 valence electrons. The van der Waals surface area contributed by atoms with Crippen LogP contribution in [0.25, 0.3) is 11.4 Å². The maximum atomic E-state index is 5.62. The van der Waals surface area contributed by atoms with E-state index >= 15 is 0 Å². The Morgan fingerprint density at radius 2 is 2.00 bits per heavy atom. The van der Waals surface area contributed by atoms with Gasteiger partial charge in [0.05, 0.1) is 13.2 Å². The van der Waals surface area contributed by atoms with Gasteiger partial charge in [-0.25, -0.2) is 0 Å². The second-order valence-electron chi connectivity index (χ2n) is 5.39. The number of nitrogens with zero attached hydrogens (tertiary/aromatic N) is 3. The molecule has 0 bridgehead atoms. The molecule has 5 nitrogen and oxygen atoms in total. The smallest absolute Gasteiger partial charge is 0.203 e. The fourth-order valence-electron chi connectivity index (χ4n) is 2.67. The van der Waals surface area contributed by atoms with Crippen molar-refractivity contribution in [2.24, 2.45) is 0 Å². The van der Waals surface area contributed by atoms with Crippen LogP contribution in [0.2, 0.25) is 0 Å². The molecule has 0 unspecified atom stereocenters. The van der Waals surface area contributed by atoms with Gasteiger partial charge in [-0.15, -0.1) is 11.7 Å². The molecule has 0 amide bonds. The van der Waals surface area contributed by atoms with Gasteiger partial charge in [0.15, 0.2) is 12.5 Å². The molecule has 0 radical (unpaired) electrons. The number of ether oxygens (including phenoxy) is 1. The second kappa shape index (κ2) is 7.00. The predicted molar refractivity (Wildman–Crippen MR) is 88.2 cm³/mol. The average Bonchev–Trinajstić information content (AvgIpc) is 2.87. The Kier molecular flexibility index (Phi) is 4.82. The van der Waals surface area contributed by atoms with E-state index in [0.717, 1.165) is 49.1 Å². The van der Waals surface area contributed by atoms with E-state index in [1.165, 1.54) is 4.90 Å². The van der Waals surface area contributed by atoms with E-state index in [1.54, 1.807) is 0 Å². The van der Waals surface area contributed by atoms with Crippen LogP contribution < -0.4 is 4.90 Å². The highest BCUT2D eigenvalue weighted by atomic mass is 32.1. The number of hydrogen-bond acceptors (Lipinski definition) is 3. The zero-order valence-corrected chi connectivity index (χ0v) is 13.4. The number of morpholine rings is 1. The number of aromatic nitrogens is 3.